The quantitative estimate of drug-likeness (QED) is 0.914. The first-order valence-corrected chi connectivity index (χ1v) is 6.89. The van der Waals surface area contributed by atoms with E-state index in [1.165, 1.54) is 18.4 Å². The van der Waals surface area contributed by atoms with Crippen molar-refractivity contribution >= 4 is 16.9 Å². The zero-order chi connectivity index (χ0) is 13.4. The zero-order valence-electron chi connectivity index (χ0n) is 11.4. The lowest BCUT2D eigenvalue weighted by Crippen LogP contribution is -2.35. The van der Waals surface area contributed by atoms with E-state index in [9.17, 15) is 4.79 Å². The summed E-state index contributed by atoms with van der Waals surface area (Å²) in [5, 5.41) is 4.12. The van der Waals surface area contributed by atoms with Crippen molar-refractivity contribution in [2.75, 3.05) is 0 Å². The Bertz CT molecular complexity index is 610. The van der Waals surface area contributed by atoms with E-state index in [1.807, 2.05) is 25.1 Å². The van der Waals surface area contributed by atoms with Gasteiger partial charge in [-0.25, -0.2) is 0 Å². The fraction of sp³-hybridized carbons (Fsp3) is 0.438. The number of hydrogen-bond acceptors (Lipinski definition) is 2. The summed E-state index contributed by atoms with van der Waals surface area (Å²) in [6.45, 7) is 4.12. The van der Waals surface area contributed by atoms with Crippen molar-refractivity contribution in [1.82, 2.24) is 5.32 Å². The van der Waals surface area contributed by atoms with Gasteiger partial charge in [0.2, 0.25) is 5.91 Å². The number of aryl methyl sites for hydroxylation is 1. The van der Waals surface area contributed by atoms with Crippen molar-refractivity contribution in [3.63, 3.8) is 0 Å². The maximum atomic E-state index is 12.0. The van der Waals surface area contributed by atoms with E-state index >= 15 is 0 Å². The molecule has 0 saturated heterocycles. The molecule has 1 heterocycles. The molecule has 1 amide bonds. The fourth-order valence-corrected chi connectivity index (χ4v) is 2.52. The van der Waals surface area contributed by atoms with Gasteiger partial charge in [0.25, 0.3) is 0 Å². The van der Waals surface area contributed by atoms with Gasteiger partial charge in [0.05, 0.1) is 12.7 Å². The molecular weight excluding hydrogens is 238 g/mol. The molecule has 1 aliphatic carbocycles. The topological polar surface area (TPSA) is 42.2 Å². The Morgan fingerprint density at radius 3 is 3.00 bits per heavy atom. The van der Waals surface area contributed by atoms with Crippen LogP contribution in [0.2, 0.25) is 0 Å². The molecule has 1 unspecified atom stereocenters. The lowest BCUT2D eigenvalue weighted by molar-refractivity contribution is -0.121. The van der Waals surface area contributed by atoms with Gasteiger partial charge in [-0.05, 0) is 44.2 Å². The predicted molar refractivity (Wildman–Crippen MR) is 75.0 cm³/mol. The minimum Gasteiger partial charge on any atom is -0.464 e. The van der Waals surface area contributed by atoms with Gasteiger partial charge in [0.15, 0.2) is 0 Å². The number of hydrogen-bond donors (Lipinski definition) is 1. The number of nitrogens with one attached hydrogen (secondary N) is 1. The van der Waals surface area contributed by atoms with Gasteiger partial charge in [-0.3, -0.25) is 4.79 Å². The van der Waals surface area contributed by atoms with Crippen LogP contribution in [-0.2, 0) is 11.2 Å². The highest BCUT2D eigenvalue weighted by Crippen LogP contribution is 2.32. The molecule has 3 rings (SSSR count). The minimum atomic E-state index is 0.0858. The minimum absolute atomic E-state index is 0.0858. The number of rotatable bonds is 4. The van der Waals surface area contributed by atoms with Crippen molar-refractivity contribution < 1.29 is 9.21 Å². The van der Waals surface area contributed by atoms with Gasteiger partial charge in [0, 0.05) is 17.0 Å². The normalized spacial score (nSPS) is 16.5. The van der Waals surface area contributed by atoms with Crippen LogP contribution in [-0.4, -0.2) is 11.9 Å². The number of fused-ring (bicyclic) bond motifs is 1. The Hall–Kier alpha value is -1.77. The van der Waals surface area contributed by atoms with Crippen molar-refractivity contribution in [2.24, 2.45) is 5.92 Å². The molecule has 1 N–H and O–H groups in total. The molecule has 3 nitrogen and oxygen atoms in total. The SMILES string of the molecule is Cc1ccc2c(CC(=O)NC(C)C3CC3)coc2c1. The molecule has 0 radical (unpaired) electrons. The summed E-state index contributed by atoms with van der Waals surface area (Å²) in [4.78, 5) is 12.0. The van der Waals surface area contributed by atoms with E-state index in [2.05, 4.69) is 12.2 Å². The molecule has 0 bridgehead atoms. The van der Waals surface area contributed by atoms with Crippen LogP contribution in [0.15, 0.2) is 28.9 Å². The first-order valence-electron chi connectivity index (χ1n) is 6.89. The molecular formula is C16H19NO2. The Kier molecular flexibility index (Phi) is 3.05. The van der Waals surface area contributed by atoms with Gasteiger partial charge >= 0.3 is 0 Å². The van der Waals surface area contributed by atoms with Gasteiger partial charge < -0.3 is 9.73 Å². The molecule has 0 spiro atoms. The molecule has 1 aromatic carbocycles. The van der Waals surface area contributed by atoms with E-state index in [0.29, 0.717) is 18.4 Å². The summed E-state index contributed by atoms with van der Waals surface area (Å²) in [6.07, 6.45) is 4.59. The largest absolute Gasteiger partial charge is 0.464 e. The van der Waals surface area contributed by atoms with E-state index in [-0.39, 0.29) is 5.91 Å². The molecule has 3 heteroatoms. The number of furan rings is 1. The Morgan fingerprint density at radius 2 is 2.26 bits per heavy atom. The predicted octanol–water partition coefficient (Wildman–Crippen LogP) is 3.20. The number of amides is 1. The molecule has 1 saturated carbocycles. The maximum absolute atomic E-state index is 12.0. The molecule has 19 heavy (non-hydrogen) atoms. The van der Waals surface area contributed by atoms with Crippen molar-refractivity contribution in [2.45, 2.75) is 39.2 Å². The van der Waals surface area contributed by atoms with Crippen molar-refractivity contribution in [3.05, 3.63) is 35.6 Å². The zero-order valence-corrected chi connectivity index (χ0v) is 11.4. The van der Waals surface area contributed by atoms with E-state index in [1.54, 1.807) is 6.26 Å². The van der Waals surface area contributed by atoms with Gasteiger partial charge in [-0.1, -0.05) is 12.1 Å². The molecule has 100 valence electrons. The molecule has 1 fully saturated rings. The Morgan fingerprint density at radius 1 is 1.47 bits per heavy atom. The highest BCUT2D eigenvalue weighted by molar-refractivity contribution is 5.88. The highest BCUT2D eigenvalue weighted by Gasteiger charge is 2.28. The third-order valence-corrected chi connectivity index (χ3v) is 3.88. The lowest BCUT2D eigenvalue weighted by atomic mass is 10.1. The van der Waals surface area contributed by atoms with Crippen LogP contribution in [0.3, 0.4) is 0 Å². The molecule has 1 atom stereocenters. The molecule has 1 aromatic heterocycles. The van der Waals surface area contributed by atoms with E-state index < -0.39 is 0 Å². The van der Waals surface area contributed by atoms with Crippen LogP contribution in [0.1, 0.15) is 30.9 Å². The van der Waals surface area contributed by atoms with Crippen LogP contribution in [0.5, 0.6) is 0 Å². The first-order chi connectivity index (χ1) is 9.13. The molecule has 2 aromatic rings. The van der Waals surface area contributed by atoms with Crippen LogP contribution in [0.25, 0.3) is 11.0 Å². The summed E-state index contributed by atoms with van der Waals surface area (Å²) in [6, 6.07) is 6.38. The third-order valence-electron chi connectivity index (χ3n) is 3.88. The first kappa shape index (κ1) is 12.3. The summed E-state index contributed by atoms with van der Waals surface area (Å²) in [5.74, 6) is 0.773. The van der Waals surface area contributed by atoms with Crippen molar-refractivity contribution in [1.29, 1.82) is 0 Å². The molecule has 1 aliphatic rings. The fourth-order valence-electron chi connectivity index (χ4n) is 2.52. The number of carbonyl (C=O) groups is 1. The van der Waals surface area contributed by atoms with E-state index in [0.717, 1.165) is 16.5 Å². The Labute approximate surface area is 113 Å². The standard InChI is InChI=1S/C16H19NO2/c1-10-3-6-14-13(9-19-15(14)7-10)8-16(18)17-11(2)12-4-5-12/h3,6-7,9,11-12H,4-5,8H2,1-2H3,(H,17,18). The monoisotopic (exact) mass is 257 g/mol. The second kappa shape index (κ2) is 4.72. The van der Waals surface area contributed by atoms with Gasteiger partial charge in [0.1, 0.15) is 5.58 Å². The molecule has 0 aliphatic heterocycles. The van der Waals surface area contributed by atoms with Gasteiger partial charge in [-0.15, -0.1) is 0 Å². The smallest absolute Gasteiger partial charge is 0.224 e. The van der Waals surface area contributed by atoms with Crippen LogP contribution in [0.4, 0.5) is 0 Å². The van der Waals surface area contributed by atoms with Crippen molar-refractivity contribution in [3.8, 4) is 0 Å². The summed E-state index contributed by atoms with van der Waals surface area (Å²) in [5.41, 5.74) is 2.99. The second-order valence-electron chi connectivity index (χ2n) is 5.63. The summed E-state index contributed by atoms with van der Waals surface area (Å²) >= 11 is 0. The van der Waals surface area contributed by atoms with Gasteiger partial charge in [-0.2, -0.15) is 0 Å². The average molecular weight is 257 g/mol. The highest BCUT2D eigenvalue weighted by atomic mass is 16.3. The van der Waals surface area contributed by atoms with Crippen LogP contribution < -0.4 is 5.32 Å². The van der Waals surface area contributed by atoms with E-state index in [4.69, 9.17) is 4.42 Å². The second-order valence-corrected chi connectivity index (χ2v) is 5.63. The summed E-state index contributed by atoms with van der Waals surface area (Å²) < 4.78 is 5.52. The number of benzene rings is 1. The van der Waals surface area contributed by atoms with Crippen LogP contribution >= 0.6 is 0 Å². The van der Waals surface area contributed by atoms with Crippen LogP contribution in [0, 0.1) is 12.8 Å². The summed E-state index contributed by atoms with van der Waals surface area (Å²) in [7, 11) is 0. The average Bonchev–Trinajstić information content (AvgIpc) is 3.14. The maximum Gasteiger partial charge on any atom is 0.224 e. The lowest BCUT2D eigenvalue weighted by Gasteiger charge is -2.12. The third kappa shape index (κ3) is 2.65. The number of carbonyl (C=O) groups excluding carboxylic acids is 1. The Balaban J connectivity index is 1.72.